The third kappa shape index (κ3) is 7.32. The first-order valence-corrected chi connectivity index (χ1v) is 5.61. The van der Waals surface area contributed by atoms with E-state index in [0.717, 1.165) is 0 Å². The molecule has 0 saturated carbocycles. The van der Waals surface area contributed by atoms with E-state index in [1.54, 1.807) is 0 Å². The molecule has 0 aromatic heterocycles. The van der Waals surface area contributed by atoms with Crippen LogP contribution in [0.2, 0.25) is 0 Å². The van der Waals surface area contributed by atoms with Gasteiger partial charge in [0, 0.05) is 19.9 Å². The van der Waals surface area contributed by atoms with Gasteiger partial charge in [-0.15, -0.1) is 0 Å². The molecule has 98 valence electrons. The molecule has 1 atom stereocenters. The molecular formula is C11H20N2O4. The Balaban J connectivity index is 4.06. The fourth-order valence-electron chi connectivity index (χ4n) is 1.32. The van der Waals surface area contributed by atoms with E-state index in [1.165, 1.54) is 6.92 Å². The molecule has 17 heavy (non-hydrogen) atoms. The van der Waals surface area contributed by atoms with E-state index in [-0.39, 0.29) is 24.2 Å². The lowest BCUT2D eigenvalue weighted by Crippen LogP contribution is -2.49. The Morgan fingerprint density at radius 2 is 1.82 bits per heavy atom. The molecule has 0 bridgehead atoms. The summed E-state index contributed by atoms with van der Waals surface area (Å²) >= 11 is 0. The average Bonchev–Trinajstić information content (AvgIpc) is 2.19. The molecule has 3 N–H and O–H groups in total. The van der Waals surface area contributed by atoms with E-state index in [1.807, 2.05) is 13.8 Å². The van der Waals surface area contributed by atoms with Crippen molar-refractivity contribution in [3.63, 3.8) is 0 Å². The molecule has 0 rings (SSSR count). The van der Waals surface area contributed by atoms with Gasteiger partial charge < -0.3 is 15.7 Å². The fourth-order valence-corrected chi connectivity index (χ4v) is 1.32. The minimum absolute atomic E-state index is 0.0154. The third-order valence-electron chi connectivity index (χ3n) is 2.17. The highest BCUT2D eigenvalue weighted by Gasteiger charge is 2.22. The van der Waals surface area contributed by atoms with Crippen LogP contribution in [0.25, 0.3) is 0 Å². The summed E-state index contributed by atoms with van der Waals surface area (Å²) < 4.78 is 0. The topological polar surface area (TPSA) is 95.5 Å². The zero-order valence-electron chi connectivity index (χ0n) is 10.4. The Bertz CT molecular complexity index is 289. The van der Waals surface area contributed by atoms with Crippen LogP contribution >= 0.6 is 0 Å². The second kappa shape index (κ2) is 7.65. The van der Waals surface area contributed by atoms with Crippen molar-refractivity contribution in [2.24, 2.45) is 5.92 Å². The van der Waals surface area contributed by atoms with Crippen molar-refractivity contribution in [3.8, 4) is 0 Å². The highest BCUT2D eigenvalue weighted by Crippen LogP contribution is 2.01. The monoisotopic (exact) mass is 244 g/mol. The normalized spacial score (nSPS) is 12.0. The molecule has 0 aliphatic heterocycles. The van der Waals surface area contributed by atoms with Crippen LogP contribution in [-0.2, 0) is 14.4 Å². The van der Waals surface area contributed by atoms with Crippen molar-refractivity contribution >= 4 is 17.8 Å². The summed E-state index contributed by atoms with van der Waals surface area (Å²) in [5.74, 6) is -1.44. The standard InChI is InChI=1S/C11H20N2O4/c1-7(2)10(13-8(3)14)11(17)12-6-4-5-9(15)16/h7,10H,4-6H2,1-3H3,(H,12,17)(H,13,14)(H,15,16). The van der Waals surface area contributed by atoms with Crippen molar-refractivity contribution < 1.29 is 19.5 Å². The van der Waals surface area contributed by atoms with Crippen LogP contribution in [0.4, 0.5) is 0 Å². The van der Waals surface area contributed by atoms with E-state index in [4.69, 9.17) is 5.11 Å². The largest absolute Gasteiger partial charge is 0.481 e. The molecule has 0 spiro atoms. The predicted octanol–water partition coefficient (Wildman–Crippen LogP) is 0.128. The summed E-state index contributed by atoms with van der Waals surface area (Å²) in [6.45, 7) is 5.32. The molecule has 6 nitrogen and oxygen atoms in total. The molecule has 0 heterocycles. The molecule has 0 saturated heterocycles. The van der Waals surface area contributed by atoms with E-state index >= 15 is 0 Å². The smallest absolute Gasteiger partial charge is 0.303 e. The van der Waals surface area contributed by atoms with Gasteiger partial charge in [-0.2, -0.15) is 0 Å². The minimum Gasteiger partial charge on any atom is -0.481 e. The lowest BCUT2D eigenvalue weighted by atomic mass is 10.0. The molecule has 6 heteroatoms. The quantitative estimate of drug-likeness (QED) is 0.555. The predicted molar refractivity (Wildman–Crippen MR) is 62.3 cm³/mol. The number of carbonyl (C=O) groups is 3. The molecule has 1 unspecified atom stereocenters. The van der Waals surface area contributed by atoms with Crippen molar-refractivity contribution in [1.29, 1.82) is 0 Å². The lowest BCUT2D eigenvalue weighted by Gasteiger charge is -2.20. The zero-order chi connectivity index (χ0) is 13.4. The van der Waals surface area contributed by atoms with Crippen molar-refractivity contribution in [1.82, 2.24) is 10.6 Å². The van der Waals surface area contributed by atoms with Crippen LogP contribution in [0.3, 0.4) is 0 Å². The van der Waals surface area contributed by atoms with Crippen LogP contribution in [0.15, 0.2) is 0 Å². The number of carbonyl (C=O) groups excluding carboxylic acids is 2. The van der Waals surface area contributed by atoms with E-state index < -0.39 is 12.0 Å². The van der Waals surface area contributed by atoms with Gasteiger partial charge in [-0.3, -0.25) is 14.4 Å². The lowest BCUT2D eigenvalue weighted by molar-refractivity contribution is -0.137. The van der Waals surface area contributed by atoms with Crippen LogP contribution < -0.4 is 10.6 Å². The summed E-state index contributed by atoms with van der Waals surface area (Å²) in [4.78, 5) is 32.9. The van der Waals surface area contributed by atoms with E-state index in [2.05, 4.69) is 10.6 Å². The maximum absolute atomic E-state index is 11.7. The van der Waals surface area contributed by atoms with Crippen molar-refractivity contribution in [3.05, 3.63) is 0 Å². The van der Waals surface area contributed by atoms with Crippen molar-refractivity contribution in [2.75, 3.05) is 6.54 Å². The minimum atomic E-state index is -0.887. The third-order valence-corrected chi connectivity index (χ3v) is 2.17. The molecular weight excluding hydrogens is 224 g/mol. The van der Waals surface area contributed by atoms with Crippen molar-refractivity contribution in [2.45, 2.75) is 39.7 Å². The number of nitrogens with one attached hydrogen (secondary N) is 2. The maximum Gasteiger partial charge on any atom is 0.303 e. The summed E-state index contributed by atoms with van der Waals surface area (Å²) in [5, 5.41) is 13.6. The van der Waals surface area contributed by atoms with Gasteiger partial charge in [-0.05, 0) is 12.3 Å². The number of hydrogen-bond acceptors (Lipinski definition) is 3. The Labute approximate surface area is 101 Å². The average molecular weight is 244 g/mol. The summed E-state index contributed by atoms with van der Waals surface area (Å²) in [6.07, 6.45) is 0.402. The number of hydrogen-bond donors (Lipinski definition) is 3. The zero-order valence-corrected chi connectivity index (χ0v) is 10.4. The van der Waals surface area contributed by atoms with Crippen LogP contribution in [0.1, 0.15) is 33.6 Å². The fraction of sp³-hybridized carbons (Fsp3) is 0.727. The van der Waals surface area contributed by atoms with Gasteiger partial charge in [0.05, 0.1) is 0 Å². The molecule has 2 amide bonds. The number of rotatable bonds is 7. The molecule has 0 aromatic carbocycles. The first-order valence-electron chi connectivity index (χ1n) is 5.61. The number of carboxylic acids is 1. The highest BCUT2D eigenvalue weighted by atomic mass is 16.4. The number of amides is 2. The first-order chi connectivity index (χ1) is 7.84. The van der Waals surface area contributed by atoms with Crippen LogP contribution in [0, 0.1) is 5.92 Å². The summed E-state index contributed by atoms with van der Waals surface area (Å²) in [7, 11) is 0. The Morgan fingerprint density at radius 3 is 2.24 bits per heavy atom. The van der Waals surface area contributed by atoms with Gasteiger partial charge in [0.2, 0.25) is 11.8 Å². The molecule has 0 aromatic rings. The molecule has 0 aliphatic rings. The maximum atomic E-state index is 11.7. The van der Waals surface area contributed by atoms with Gasteiger partial charge >= 0.3 is 5.97 Å². The highest BCUT2D eigenvalue weighted by molar-refractivity contribution is 5.87. The Morgan fingerprint density at radius 1 is 1.24 bits per heavy atom. The Hall–Kier alpha value is -1.59. The van der Waals surface area contributed by atoms with Gasteiger partial charge in [0.15, 0.2) is 0 Å². The number of carboxylic acid groups (broad SMARTS) is 1. The number of aliphatic carboxylic acids is 1. The summed E-state index contributed by atoms with van der Waals surface area (Å²) in [6, 6.07) is -0.572. The Kier molecular flexibility index (Phi) is 6.93. The summed E-state index contributed by atoms with van der Waals surface area (Å²) in [5.41, 5.74) is 0. The van der Waals surface area contributed by atoms with Gasteiger partial charge in [-0.1, -0.05) is 13.8 Å². The SMILES string of the molecule is CC(=O)NC(C(=O)NCCCC(=O)O)C(C)C. The van der Waals surface area contributed by atoms with Gasteiger partial charge in [-0.25, -0.2) is 0 Å². The molecule has 0 aliphatic carbocycles. The molecule has 0 fully saturated rings. The van der Waals surface area contributed by atoms with Gasteiger partial charge in [0.25, 0.3) is 0 Å². The van der Waals surface area contributed by atoms with Crippen LogP contribution in [-0.4, -0.2) is 35.5 Å². The second-order valence-corrected chi connectivity index (χ2v) is 4.21. The van der Waals surface area contributed by atoms with E-state index in [9.17, 15) is 14.4 Å². The second-order valence-electron chi connectivity index (χ2n) is 4.21. The molecule has 0 radical (unpaired) electrons. The first kappa shape index (κ1) is 15.4. The van der Waals surface area contributed by atoms with E-state index in [0.29, 0.717) is 13.0 Å². The van der Waals surface area contributed by atoms with Gasteiger partial charge in [0.1, 0.15) is 6.04 Å². The van der Waals surface area contributed by atoms with Crippen LogP contribution in [0.5, 0.6) is 0 Å².